The van der Waals surface area contributed by atoms with Crippen LogP contribution in [0.3, 0.4) is 0 Å². The van der Waals surface area contributed by atoms with Crippen LogP contribution in [-0.4, -0.2) is 6.34 Å². The van der Waals surface area contributed by atoms with E-state index in [4.69, 9.17) is 5.73 Å². The van der Waals surface area contributed by atoms with E-state index in [1.165, 1.54) is 6.34 Å². The van der Waals surface area contributed by atoms with Gasteiger partial charge in [0.2, 0.25) is 0 Å². The molecule has 2 heteroatoms. The van der Waals surface area contributed by atoms with Gasteiger partial charge >= 0.3 is 0 Å². The quantitative estimate of drug-likeness (QED) is 0.393. The van der Waals surface area contributed by atoms with Gasteiger partial charge < -0.3 is 5.73 Å². The number of allylic oxidation sites excluding steroid dienone is 2. The zero-order chi connectivity index (χ0) is 9.98. The third-order valence-corrected chi connectivity index (χ3v) is 1.21. The Hall–Kier alpha value is -1.05. The summed E-state index contributed by atoms with van der Waals surface area (Å²) in [4.78, 5) is 3.78. The van der Waals surface area contributed by atoms with E-state index < -0.39 is 0 Å². The molecule has 2 N–H and O–H groups in total. The predicted octanol–water partition coefficient (Wildman–Crippen LogP) is 2.73. The Kier molecular flexibility index (Phi) is 11.2. The molecule has 70 valence electrons. The topological polar surface area (TPSA) is 38.4 Å². The van der Waals surface area contributed by atoms with E-state index in [0.717, 1.165) is 5.57 Å². The fourth-order valence-electron chi connectivity index (χ4n) is 0.567. The summed E-state index contributed by atoms with van der Waals surface area (Å²) in [6.45, 7) is 11.8. The molecule has 0 saturated heterocycles. The van der Waals surface area contributed by atoms with E-state index in [9.17, 15) is 0 Å². The van der Waals surface area contributed by atoms with Gasteiger partial charge in [-0.3, -0.25) is 0 Å². The standard InChI is InChI=1S/C8H14N2.C2H6/c1-4-8(7(2)3)5-10-6-9;1-2/h4-7H,1H2,2-3H3,(H2,9,10);1-2H3/b8-5+;. The molecule has 0 aliphatic heterocycles. The smallest absolute Gasteiger partial charge is 0.0852 e. The summed E-state index contributed by atoms with van der Waals surface area (Å²) in [7, 11) is 0. The fourth-order valence-corrected chi connectivity index (χ4v) is 0.567. The summed E-state index contributed by atoms with van der Waals surface area (Å²) in [6.07, 6.45) is 4.78. The zero-order valence-electron chi connectivity index (χ0n) is 8.54. The van der Waals surface area contributed by atoms with E-state index in [0.29, 0.717) is 5.92 Å². The number of nitrogens with zero attached hydrogens (tertiary/aromatic N) is 1. The van der Waals surface area contributed by atoms with Crippen LogP contribution in [0.5, 0.6) is 0 Å². The first-order valence-electron chi connectivity index (χ1n) is 4.28. The Morgan fingerprint density at radius 2 is 1.92 bits per heavy atom. The van der Waals surface area contributed by atoms with Crippen LogP contribution in [-0.2, 0) is 0 Å². The second kappa shape index (κ2) is 9.95. The van der Waals surface area contributed by atoms with E-state index in [1.54, 1.807) is 12.3 Å². The average Bonchev–Trinajstić information content (AvgIpc) is 2.09. The van der Waals surface area contributed by atoms with E-state index >= 15 is 0 Å². The van der Waals surface area contributed by atoms with Crippen molar-refractivity contribution in [3.05, 3.63) is 24.4 Å². The van der Waals surface area contributed by atoms with Crippen molar-refractivity contribution >= 4 is 6.34 Å². The number of nitrogens with two attached hydrogens (primary N) is 1. The molecule has 0 bridgehead atoms. The van der Waals surface area contributed by atoms with Gasteiger partial charge in [0.15, 0.2) is 0 Å². The van der Waals surface area contributed by atoms with Gasteiger partial charge in [-0.05, 0) is 11.5 Å². The number of hydrogen-bond donors (Lipinski definition) is 1. The minimum absolute atomic E-state index is 0.459. The average molecular weight is 168 g/mol. The first kappa shape index (κ1) is 13.5. The van der Waals surface area contributed by atoms with Crippen LogP contribution in [0.1, 0.15) is 27.7 Å². The van der Waals surface area contributed by atoms with Crippen molar-refractivity contribution in [1.82, 2.24) is 0 Å². The van der Waals surface area contributed by atoms with E-state index in [2.05, 4.69) is 25.4 Å². The molecule has 0 rings (SSSR count). The molecule has 0 aliphatic carbocycles. The molecule has 12 heavy (non-hydrogen) atoms. The monoisotopic (exact) mass is 168 g/mol. The molecule has 0 fully saturated rings. The van der Waals surface area contributed by atoms with Crippen LogP contribution in [0.4, 0.5) is 0 Å². The van der Waals surface area contributed by atoms with Gasteiger partial charge in [0, 0.05) is 6.20 Å². The van der Waals surface area contributed by atoms with Crippen LogP contribution < -0.4 is 5.73 Å². The van der Waals surface area contributed by atoms with E-state index in [-0.39, 0.29) is 0 Å². The maximum atomic E-state index is 5.06. The van der Waals surface area contributed by atoms with Crippen molar-refractivity contribution in [2.75, 3.05) is 0 Å². The van der Waals surface area contributed by atoms with Crippen molar-refractivity contribution in [3.63, 3.8) is 0 Å². The highest BCUT2D eigenvalue weighted by Gasteiger charge is 1.95. The van der Waals surface area contributed by atoms with Gasteiger partial charge in [-0.15, -0.1) is 0 Å². The Morgan fingerprint density at radius 3 is 2.17 bits per heavy atom. The number of aliphatic imine (C=N–C) groups is 1. The predicted molar refractivity (Wildman–Crippen MR) is 57.1 cm³/mol. The van der Waals surface area contributed by atoms with Gasteiger partial charge in [-0.1, -0.05) is 40.3 Å². The third kappa shape index (κ3) is 7.06. The zero-order valence-corrected chi connectivity index (χ0v) is 8.54. The first-order valence-corrected chi connectivity index (χ1v) is 4.28. The lowest BCUT2D eigenvalue weighted by atomic mass is 10.1. The van der Waals surface area contributed by atoms with Gasteiger partial charge in [-0.25, -0.2) is 4.99 Å². The summed E-state index contributed by atoms with van der Waals surface area (Å²) in [5.41, 5.74) is 6.16. The van der Waals surface area contributed by atoms with Crippen molar-refractivity contribution in [3.8, 4) is 0 Å². The largest absolute Gasteiger partial charge is 0.390 e. The third-order valence-electron chi connectivity index (χ3n) is 1.21. The highest BCUT2D eigenvalue weighted by atomic mass is 14.8. The molecular weight excluding hydrogens is 148 g/mol. The molecule has 0 aromatic carbocycles. The molecule has 0 radical (unpaired) electrons. The lowest BCUT2D eigenvalue weighted by Gasteiger charge is -2.01. The molecular formula is C10H20N2. The minimum Gasteiger partial charge on any atom is -0.390 e. The molecule has 0 aromatic rings. The van der Waals surface area contributed by atoms with Crippen molar-refractivity contribution in [2.24, 2.45) is 16.6 Å². The molecule has 0 heterocycles. The Bertz CT molecular complexity index is 155. The van der Waals surface area contributed by atoms with Crippen LogP contribution in [0.2, 0.25) is 0 Å². The summed E-state index contributed by atoms with van der Waals surface area (Å²) in [5.74, 6) is 0.459. The summed E-state index contributed by atoms with van der Waals surface area (Å²) in [6, 6.07) is 0. The highest BCUT2D eigenvalue weighted by molar-refractivity contribution is 5.52. The van der Waals surface area contributed by atoms with Crippen molar-refractivity contribution < 1.29 is 0 Å². The van der Waals surface area contributed by atoms with Gasteiger partial charge in [0.25, 0.3) is 0 Å². The maximum absolute atomic E-state index is 5.06. The maximum Gasteiger partial charge on any atom is 0.0852 e. The lowest BCUT2D eigenvalue weighted by Crippen LogP contribution is -1.91. The molecule has 0 unspecified atom stereocenters. The summed E-state index contributed by atoms with van der Waals surface area (Å²) in [5, 5.41) is 0. The molecule has 0 aromatic heterocycles. The SMILES string of the molecule is C=C/C(=C\N=CN)C(C)C.CC. The van der Waals surface area contributed by atoms with Crippen LogP contribution >= 0.6 is 0 Å². The Morgan fingerprint density at radius 1 is 1.42 bits per heavy atom. The number of hydrogen-bond acceptors (Lipinski definition) is 1. The number of rotatable bonds is 3. The summed E-state index contributed by atoms with van der Waals surface area (Å²) < 4.78 is 0. The molecule has 0 saturated carbocycles. The van der Waals surface area contributed by atoms with Crippen molar-refractivity contribution in [1.29, 1.82) is 0 Å². The molecule has 2 nitrogen and oxygen atoms in total. The van der Waals surface area contributed by atoms with E-state index in [1.807, 2.05) is 13.8 Å². The van der Waals surface area contributed by atoms with Gasteiger partial charge in [0.05, 0.1) is 6.34 Å². The second-order valence-corrected chi connectivity index (χ2v) is 2.29. The Balaban J connectivity index is 0. The second-order valence-electron chi connectivity index (χ2n) is 2.29. The first-order chi connectivity index (χ1) is 5.72. The van der Waals surface area contributed by atoms with Crippen LogP contribution in [0, 0.1) is 5.92 Å². The molecule has 0 aliphatic rings. The van der Waals surface area contributed by atoms with Crippen LogP contribution in [0.25, 0.3) is 0 Å². The molecule has 0 spiro atoms. The van der Waals surface area contributed by atoms with Gasteiger partial charge in [0.1, 0.15) is 0 Å². The lowest BCUT2D eigenvalue weighted by molar-refractivity contribution is 0.789. The van der Waals surface area contributed by atoms with Crippen LogP contribution in [0.15, 0.2) is 29.4 Å². The van der Waals surface area contributed by atoms with Gasteiger partial charge in [-0.2, -0.15) is 0 Å². The highest BCUT2D eigenvalue weighted by Crippen LogP contribution is 2.09. The molecule has 0 amide bonds. The minimum atomic E-state index is 0.459. The van der Waals surface area contributed by atoms with Crippen molar-refractivity contribution in [2.45, 2.75) is 27.7 Å². The molecule has 0 atom stereocenters. The Labute approximate surface area is 75.9 Å². The normalized spacial score (nSPS) is 11.2. The summed E-state index contributed by atoms with van der Waals surface area (Å²) >= 11 is 0. The fraction of sp³-hybridized carbons (Fsp3) is 0.500.